The van der Waals surface area contributed by atoms with Gasteiger partial charge in [0.05, 0.1) is 0 Å². The van der Waals surface area contributed by atoms with Crippen molar-refractivity contribution >= 4 is 18.6 Å². The average molecular weight is 124 g/mol. The van der Waals surface area contributed by atoms with Gasteiger partial charge in [-0.15, -0.1) is 17.6 Å². The fraction of sp³-hybridized carbons (Fsp3) is 0.750. The largest absolute Gasteiger partial charge is 0.411 e. The van der Waals surface area contributed by atoms with Crippen LogP contribution in [0.15, 0.2) is 5.16 Å². The molecule has 3 heteroatoms. The van der Waals surface area contributed by atoms with Crippen molar-refractivity contribution in [2.75, 3.05) is 0 Å². The highest BCUT2D eigenvalue weighted by Gasteiger charge is 1.67. The molecule has 0 saturated carbocycles. The highest BCUT2D eigenvalue weighted by atomic mass is 35.5. The number of rotatable bonds is 2. The fourth-order valence-electron chi connectivity index (χ4n) is 0.187. The average Bonchev–Trinajstić information content (AvgIpc) is 1.61. The standard InChI is InChI=1S/C4H9NO.ClH/c1-2-3-4-5-6;/h4,6H,2-3H2,1H3;1H. The number of oxime groups is 1. The van der Waals surface area contributed by atoms with Gasteiger partial charge < -0.3 is 5.21 Å². The lowest BCUT2D eigenvalue weighted by Crippen LogP contribution is -1.68. The summed E-state index contributed by atoms with van der Waals surface area (Å²) in [6, 6.07) is 0. The van der Waals surface area contributed by atoms with Crippen molar-refractivity contribution in [2.24, 2.45) is 5.16 Å². The van der Waals surface area contributed by atoms with Crippen LogP contribution >= 0.6 is 12.4 Å². The van der Waals surface area contributed by atoms with Crippen LogP contribution < -0.4 is 0 Å². The van der Waals surface area contributed by atoms with Crippen LogP contribution in [0.1, 0.15) is 19.8 Å². The Morgan fingerprint density at radius 1 is 1.71 bits per heavy atom. The van der Waals surface area contributed by atoms with Crippen molar-refractivity contribution in [3.63, 3.8) is 0 Å². The molecule has 1 N–H and O–H groups in total. The third-order valence-electron chi connectivity index (χ3n) is 0.499. The summed E-state index contributed by atoms with van der Waals surface area (Å²) in [6.07, 6.45) is 3.40. The van der Waals surface area contributed by atoms with Crippen molar-refractivity contribution in [1.82, 2.24) is 0 Å². The third kappa shape index (κ3) is 10.7. The summed E-state index contributed by atoms with van der Waals surface area (Å²) >= 11 is 0. The van der Waals surface area contributed by atoms with Crippen LogP contribution in [0, 0.1) is 0 Å². The van der Waals surface area contributed by atoms with E-state index < -0.39 is 0 Å². The van der Waals surface area contributed by atoms with Crippen LogP contribution in [0.3, 0.4) is 0 Å². The van der Waals surface area contributed by atoms with Gasteiger partial charge >= 0.3 is 0 Å². The maximum absolute atomic E-state index is 7.77. The minimum absolute atomic E-state index is 0. The number of hydrogen-bond acceptors (Lipinski definition) is 2. The Morgan fingerprint density at radius 3 is 2.43 bits per heavy atom. The summed E-state index contributed by atoms with van der Waals surface area (Å²) in [7, 11) is 0. The van der Waals surface area contributed by atoms with Crippen molar-refractivity contribution in [3.05, 3.63) is 0 Å². The van der Waals surface area contributed by atoms with Crippen LogP contribution in [0.5, 0.6) is 0 Å². The molecule has 44 valence electrons. The molecule has 0 radical (unpaired) electrons. The molecular formula is C4H10ClNO. The van der Waals surface area contributed by atoms with Gasteiger partial charge in [0.25, 0.3) is 0 Å². The molecule has 7 heavy (non-hydrogen) atoms. The van der Waals surface area contributed by atoms with E-state index in [1.165, 1.54) is 6.21 Å². The predicted molar refractivity (Wildman–Crippen MR) is 32.4 cm³/mol. The Hall–Kier alpha value is -0.240. The van der Waals surface area contributed by atoms with Gasteiger partial charge in [0.15, 0.2) is 0 Å². The molecule has 0 fully saturated rings. The Morgan fingerprint density at radius 2 is 2.29 bits per heavy atom. The minimum atomic E-state index is 0. The molecule has 0 saturated heterocycles. The molecule has 0 spiro atoms. The molecule has 0 aromatic carbocycles. The highest BCUT2D eigenvalue weighted by Crippen LogP contribution is 1.77. The van der Waals surface area contributed by atoms with E-state index >= 15 is 0 Å². The van der Waals surface area contributed by atoms with Gasteiger partial charge in [0.2, 0.25) is 0 Å². The zero-order valence-electron chi connectivity index (χ0n) is 4.29. The second-order valence-corrected chi connectivity index (χ2v) is 1.09. The zero-order chi connectivity index (χ0) is 4.83. The zero-order valence-corrected chi connectivity index (χ0v) is 5.11. The molecule has 0 aromatic heterocycles. The van der Waals surface area contributed by atoms with Crippen LogP contribution in [-0.4, -0.2) is 11.4 Å². The molecule has 0 aliphatic carbocycles. The quantitative estimate of drug-likeness (QED) is 0.338. The predicted octanol–water partition coefficient (Wildman–Crippen LogP) is 1.67. The maximum Gasteiger partial charge on any atom is 0.0435 e. The molecule has 0 aromatic rings. The van der Waals surface area contributed by atoms with Crippen LogP contribution in [0.2, 0.25) is 0 Å². The van der Waals surface area contributed by atoms with Gasteiger partial charge in [-0.05, 0) is 6.42 Å². The molecule has 0 unspecified atom stereocenters. The summed E-state index contributed by atoms with van der Waals surface area (Å²) < 4.78 is 0. The van der Waals surface area contributed by atoms with Gasteiger partial charge in [-0.25, -0.2) is 0 Å². The number of hydrogen-bond donors (Lipinski definition) is 1. The first kappa shape index (κ1) is 9.90. The molecule has 0 aliphatic heterocycles. The van der Waals surface area contributed by atoms with E-state index in [0.29, 0.717) is 0 Å². The van der Waals surface area contributed by atoms with Crippen LogP contribution in [-0.2, 0) is 0 Å². The SMILES string of the molecule is CCCC=NO.Cl. The van der Waals surface area contributed by atoms with E-state index in [1.54, 1.807) is 0 Å². The normalized spacial score (nSPS) is 8.71. The Kier molecular flexibility index (Phi) is 13.1. The summed E-state index contributed by atoms with van der Waals surface area (Å²) in [5.41, 5.74) is 0. The number of halogens is 1. The fourth-order valence-corrected chi connectivity index (χ4v) is 0.187. The first-order chi connectivity index (χ1) is 2.91. The number of unbranched alkanes of at least 4 members (excludes halogenated alkanes) is 1. The Bertz CT molecular complexity index is 47.0. The van der Waals surface area contributed by atoms with E-state index in [-0.39, 0.29) is 12.4 Å². The van der Waals surface area contributed by atoms with Crippen molar-refractivity contribution in [3.8, 4) is 0 Å². The smallest absolute Gasteiger partial charge is 0.0435 e. The lowest BCUT2D eigenvalue weighted by Gasteiger charge is -1.74. The second-order valence-electron chi connectivity index (χ2n) is 1.09. The first-order valence-electron chi connectivity index (χ1n) is 2.07. The summed E-state index contributed by atoms with van der Waals surface area (Å²) in [5.74, 6) is 0. The second kappa shape index (κ2) is 9.23. The van der Waals surface area contributed by atoms with Crippen molar-refractivity contribution in [1.29, 1.82) is 0 Å². The summed E-state index contributed by atoms with van der Waals surface area (Å²) in [5, 5.41) is 10.6. The van der Waals surface area contributed by atoms with Gasteiger partial charge in [-0.2, -0.15) is 0 Å². The minimum Gasteiger partial charge on any atom is -0.411 e. The summed E-state index contributed by atoms with van der Waals surface area (Å²) in [4.78, 5) is 0. The molecule has 0 heterocycles. The number of nitrogens with zero attached hydrogens (tertiary/aromatic N) is 1. The highest BCUT2D eigenvalue weighted by molar-refractivity contribution is 5.85. The Labute approximate surface area is 49.6 Å². The van der Waals surface area contributed by atoms with E-state index in [1.807, 2.05) is 6.92 Å². The molecule has 0 bridgehead atoms. The molecular weight excluding hydrogens is 114 g/mol. The topological polar surface area (TPSA) is 32.6 Å². The lowest BCUT2D eigenvalue weighted by molar-refractivity contribution is 0.320. The van der Waals surface area contributed by atoms with Crippen LogP contribution in [0.25, 0.3) is 0 Å². The third-order valence-corrected chi connectivity index (χ3v) is 0.499. The van der Waals surface area contributed by atoms with Crippen molar-refractivity contribution in [2.45, 2.75) is 19.8 Å². The van der Waals surface area contributed by atoms with Gasteiger partial charge in [-0.1, -0.05) is 13.3 Å². The molecule has 0 aliphatic rings. The molecule has 0 atom stereocenters. The van der Waals surface area contributed by atoms with Gasteiger partial charge in [0.1, 0.15) is 0 Å². The molecule has 2 nitrogen and oxygen atoms in total. The molecule has 0 amide bonds. The van der Waals surface area contributed by atoms with E-state index in [0.717, 1.165) is 12.8 Å². The lowest BCUT2D eigenvalue weighted by atomic mass is 10.4. The maximum atomic E-state index is 7.77. The first-order valence-corrected chi connectivity index (χ1v) is 2.07. The Balaban J connectivity index is 0. The van der Waals surface area contributed by atoms with Crippen LogP contribution in [0.4, 0.5) is 0 Å². The monoisotopic (exact) mass is 123 g/mol. The van der Waals surface area contributed by atoms with Crippen molar-refractivity contribution < 1.29 is 5.21 Å². The summed E-state index contributed by atoms with van der Waals surface area (Å²) in [6.45, 7) is 2.03. The van der Waals surface area contributed by atoms with Gasteiger partial charge in [-0.3, -0.25) is 0 Å². The molecule has 0 rings (SSSR count). The van der Waals surface area contributed by atoms with Gasteiger partial charge in [0, 0.05) is 6.21 Å². The van der Waals surface area contributed by atoms with E-state index in [4.69, 9.17) is 5.21 Å². The van der Waals surface area contributed by atoms with E-state index in [2.05, 4.69) is 5.16 Å². The van der Waals surface area contributed by atoms with E-state index in [9.17, 15) is 0 Å².